The number of likely N-dealkylation sites (tertiary alicyclic amines) is 1. The number of nitrogens with one attached hydrogen (secondary N) is 2. The van der Waals surface area contributed by atoms with Gasteiger partial charge in [0.1, 0.15) is 6.04 Å². The van der Waals surface area contributed by atoms with E-state index in [4.69, 9.17) is 10.7 Å². The number of rotatable bonds is 8. The third kappa shape index (κ3) is 5.22. The predicted octanol–water partition coefficient (Wildman–Crippen LogP) is 2.07. The third-order valence-corrected chi connectivity index (χ3v) is 8.34. The molecule has 1 aliphatic carbocycles. The van der Waals surface area contributed by atoms with Gasteiger partial charge in [-0.25, -0.2) is 0 Å². The van der Waals surface area contributed by atoms with Crippen LogP contribution in [0.2, 0.25) is 0 Å². The highest BCUT2D eigenvalue weighted by Gasteiger charge is 2.45. The standard InChI is InChI=1S/C28H36N6O4/c1-28(10-3-11-28)17-33-12-8-19(9-13-33)30-15-18(14-29)16-31-21-5-2-4-20-24(21)27(38)34(26(20)37)22-6-7-23(35)32-25(22)36/h2,4-5,14-15,19,22,31H,3,6-13,16-17,29H2,1H3,(H,32,35,36). The molecule has 38 heavy (non-hydrogen) atoms. The summed E-state index contributed by atoms with van der Waals surface area (Å²) in [5, 5.41) is 5.44. The topological polar surface area (TPSA) is 137 Å². The van der Waals surface area contributed by atoms with Gasteiger partial charge in [0, 0.05) is 56.3 Å². The Hall–Kier alpha value is -3.53. The molecule has 1 aromatic rings. The molecule has 1 saturated carbocycles. The zero-order valence-electron chi connectivity index (χ0n) is 21.9. The van der Waals surface area contributed by atoms with E-state index in [1.54, 1.807) is 24.4 Å². The van der Waals surface area contributed by atoms with Gasteiger partial charge in [0.25, 0.3) is 11.8 Å². The first-order chi connectivity index (χ1) is 18.3. The summed E-state index contributed by atoms with van der Waals surface area (Å²) in [6.45, 7) is 6.03. The Balaban J connectivity index is 1.18. The zero-order chi connectivity index (χ0) is 26.9. The van der Waals surface area contributed by atoms with Gasteiger partial charge < -0.3 is 16.0 Å². The second kappa shape index (κ2) is 10.7. The summed E-state index contributed by atoms with van der Waals surface area (Å²) in [4.78, 5) is 58.5. The maximum atomic E-state index is 13.3. The molecule has 10 heteroatoms. The molecule has 0 aromatic heterocycles. The van der Waals surface area contributed by atoms with Crippen molar-refractivity contribution < 1.29 is 19.2 Å². The van der Waals surface area contributed by atoms with Crippen LogP contribution in [-0.4, -0.2) is 77.9 Å². The molecule has 5 rings (SSSR count). The van der Waals surface area contributed by atoms with E-state index in [9.17, 15) is 19.2 Å². The van der Waals surface area contributed by atoms with Crippen LogP contribution in [0.3, 0.4) is 0 Å². The van der Waals surface area contributed by atoms with E-state index in [-0.39, 0.29) is 30.0 Å². The largest absolute Gasteiger partial charge is 0.404 e. The number of benzene rings is 1. The minimum Gasteiger partial charge on any atom is -0.404 e. The number of aliphatic imine (C=N–C) groups is 1. The van der Waals surface area contributed by atoms with Gasteiger partial charge in [-0.15, -0.1) is 0 Å². The maximum Gasteiger partial charge on any atom is 0.264 e. The predicted molar refractivity (Wildman–Crippen MR) is 144 cm³/mol. The highest BCUT2D eigenvalue weighted by Crippen LogP contribution is 2.41. The Labute approximate surface area is 222 Å². The quantitative estimate of drug-likeness (QED) is 0.352. The maximum absolute atomic E-state index is 13.3. The molecule has 2 saturated heterocycles. The summed E-state index contributed by atoms with van der Waals surface area (Å²) in [5.74, 6) is -2.10. The van der Waals surface area contributed by atoms with Crippen molar-refractivity contribution in [1.82, 2.24) is 15.1 Å². The lowest BCUT2D eigenvalue weighted by atomic mass is 9.70. The van der Waals surface area contributed by atoms with Crippen molar-refractivity contribution in [2.75, 3.05) is 31.5 Å². The van der Waals surface area contributed by atoms with Crippen LogP contribution in [-0.2, 0) is 9.59 Å². The molecule has 1 aromatic carbocycles. The first-order valence-electron chi connectivity index (χ1n) is 13.5. The average molecular weight is 521 g/mol. The molecule has 4 N–H and O–H groups in total. The van der Waals surface area contributed by atoms with Crippen LogP contribution in [0, 0.1) is 5.41 Å². The van der Waals surface area contributed by atoms with E-state index in [1.165, 1.54) is 32.0 Å². The molecule has 3 heterocycles. The van der Waals surface area contributed by atoms with Crippen LogP contribution in [0.1, 0.15) is 72.6 Å². The number of nitrogens with two attached hydrogens (primary N) is 1. The zero-order valence-corrected chi connectivity index (χ0v) is 21.9. The van der Waals surface area contributed by atoms with Crippen LogP contribution >= 0.6 is 0 Å². The molecule has 0 spiro atoms. The molecule has 1 unspecified atom stereocenters. The number of imide groups is 2. The number of amides is 4. The number of carbonyl (C=O) groups is 4. The van der Waals surface area contributed by atoms with Gasteiger partial charge in [-0.1, -0.05) is 19.4 Å². The smallest absolute Gasteiger partial charge is 0.264 e. The summed E-state index contributed by atoms with van der Waals surface area (Å²) in [5.41, 5.74) is 8.09. The Bertz CT molecular complexity index is 1200. The monoisotopic (exact) mass is 520 g/mol. The van der Waals surface area contributed by atoms with Crippen molar-refractivity contribution in [3.8, 4) is 0 Å². The minimum absolute atomic E-state index is 0.0807. The lowest BCUT2D eigenvalue weighted by Crippen LogP contribution is -2.54. The summed E-state index contributed by atoms with van der Waals surface area (Å²) >= 11 is 0. The van der Waals surface area contributed by atoms with Gasteiger partial charge in [0.2, 0.25) is 11.8 Å². The van der Waals surface area contributed by atoms with Crippen molar-refractivity contribution in [3.05, 3.63) is 41.1 Å². The van der Waals surface area contributed by atoms with Gasteiger partial charge in [0.05, 0.1) is 17.2 Å². The third-order valence-electron chi connectivity index (χ3n) is 8.34. The summed E-state index contributed by atoms with van der Waals surface area (Å²) in [7, 11) is 0. The molecule has 3 fully saturated rings. The van der Waals surface area contributed by atoms with Crippen molar-refractivity contribution in [1.29, 1.82) is 0 Å². The van der Waals surface area contributed by atoms with E-state index < -0.39 is 29.7 Å². The van der Waals surface area contributed by atoms with Crippen molar-refractivity contribution >= 4 is 35.5 Å². The molecule has 4 amide bonds. The van der Waals surface area contributed by atoms with Crippen LogP contribution in [0.5, 0.6) is 0 Å². The number of fused-ring (bicyclic) bond motifs is 1. The summed E-state index contributed by atoms with van der Waals surface area (Å²) < 4.78 is 0. The van der Waals surface area contributed by atoms with Gasteiger partial charge in [-0.3, -0.25) is 34.4 Å². The lowest BCUT2D eigenvalue weighted by molar-refractivity contribution is -0.136. The molecule has 1 atom stereocenters. The van der Waals surface area contributed by atoms with Gasteiger partial charge in [-0.05, 0) is 49.7 Å². The first-order valence-corrected chi connectivity index (χ1v) is 13.5. The van der Waals surface area contributed by atoms with Crippen LogP contribution in [0.4, 0.5) is 5.69 Å². The van der Waals surface area contributed by atoms with Crippen LogP contribution in [0.25, 0.3) is 0 Å². The second-order valence-corrected chi connectivity index (χ2v) is 11.2. The molecule has 10 nitrogen and oxygen atoms in total. The molecule has 3 aliphatic heterocycles. The lowest BCUT2D eigenvalue weighted by Gasteiger charge is -2.44. The molecule has 0 bridgehead atoms. The highest BCUT2D eigenvalue weighted by molar-refractivity contribution is 6.25. The molecular formula is C28H36N6O4. The summed E-state index contributed by atoms with van der Waals surface area (Å²) in [6.07, 6.45) is 9.57. The van der Waals surface area contributed by atoms with Gasteiger partial charge in [-0.2, -0.15) is 0 Å². The van der Waals surface area contributed by atoms with Gasteiger partial charge >= 0.3 is 0 Å². The van der Waals surface area contributed by atoms with E-state index in [0.29, 0.717) is 17.6 Å². The molecule has 0 radical (unpaired) electrons. The Morgan fingerprint density at radius 2 is 1.92 bits per heavy atom. The average Bonchev–Trinajstić information content (AvgIpc) is 3.14. The Morgan fingerprint density at radius 1 is 1.16 bits per heavy atom. The van der Waals surface area contributed by atoms with E-state index >= 15 is 0 Å². The fraction of sp³-hybridized carbons (Fsp3) is 0.536. The van der Waals surface area contributed by atoms with Crippen molar-refractivity contribution in [2.24, 2.45) is 16.1 Å². The highest BCUT2D eigenvalue weighted by atomic mass is 16.2. The normalized spacial score (nSPS) is 24.5. The fourth-order valence-electron chi connectivity index (χ4n) is 5.91. The number of anilines is 1. The van der Waals surface area contributed by atoms with Gasteiger partial charge in [0.15, 0.2) is 0 Å². The first kappa shape index (κ1) is 26.1. The van der Waals surface area contributed by atoms with E-state index in [1.807, 2.05) is 0 Å². The summed E-state index contributed by atoms with van der Waals surface area (Å²) in [6, 6.07) is 4.26. The van der Waals surface area contributed by atoms with Crippen LogP contribution < -0.4 is 16.4 Å². The Morgan fingerprint density at radius 3 is 2.58 bits per heavy atom. The fourth-order valence-corrected chi connectivity index (χ4v) is 5.91. The number of carbonyl (C=O) groups excluding carboxylic acids is 4. The van der Waals surface area contributed by atoms with Crippen molar-refractivity contribution in [2.45, 2.75) is 64.0 Å². The number of piperidine rings is 2. The second-order valence-electron chi connectivity index (χ2n) is 11.2. The number of hydrogen-bond donors (Lipinski definition) is 3. The van der Waals surface area contributed by atoms with E-state index in [2.05, 4.69) is 22.5 Å². The molecule has 4 aliphatic rings. The van der Waals surface area contributed by atoms with Crippen LogP contribution in [0.15, 0.2) is 35.0 Å². The van der Waals surface area contributed by atoms with Crippen molar-refractivity contribution in [3.63, 3.8) is 0 Å². The molecule has 202 valence electrons. The number of hydrogen-bond acceptors (Lipinski definition) is 8. The number of nitrogens with zero attached hydrogens (tertiary/aromatic N) is 3. The molecular weight excluding hydrogens is 484 g/mol. The minimum atomic E-state index is -0.998. The SMILES string of the molecule is CC1(CN2CCC(N=CC(=CN)CNc3cccc4c3C(=O)N(C3CCC(=O)NC3=O)C4=O)CC2)CCC1. The Kier molecular flexibility index (Phi) is 7.34. The van der Waals surface area contributed by atoms with E-state index in [0.717, 1.165) is 36.4 Å².